The van der Waals surface area contributed by atoms with E-state index in [0.717, 1.165) is 62.9 Å². The van der Waals surface area contributed by atoms with Gasteiger partial charge in [0, 0.05) is 31.6 Å². The van der Waals surface area contributed by atoms with Crippen molar-refractivity contribution < 1.29 is 52.7 Å². The van der Waals surface area contributed by atoms with Gasteiger partial charge in [0.1, 0.15) is 6.61 Å². The highest BCUT2D eigenvalue weighted by Crippen LogP contribution is 2.41. The summed E-state index contributed by atoms with van der Waals surface area (Å²) in [5.41, 5.74) is -4.00. The predicted octanol–water partition coefficient (Wildman–Crippen LogP) is 9.77. The quantitative estimate of drug-likeness (QED) is 0.151. The third-order valence-electron chi connectivity index (χ3n) is 9.65. The maximum absolute atomic E-state index is 14.1. The predicted molar refractivity (Wildman–Crippen MR) is 183 cm³/mol. The lowest BCUT2D eigenvalue weighted by molar-refractivity contribution is -0.143. The monoisotopic (exact) mass is 782 g/mol. The number of hydrogen-bond donors (Lipinski definition) is 0. The van der Waals surface area contributed by atoms with E-state index in [2.05, 4.69) is 16.9 Å². The minimum Gasteiger partial charge on any atom is -0.489 e. The largest absolute Gasteiger partial charge is 0.489 e. The molecule has 1 aliphatic carbocycles. The highest BCUT2D eigenvalue weighted by molar-refractivity contribution is 7.90. The van der Waals surface area contributed by atoms with E-state index in [0.29, 0.717) is 36.8 Å². The van der Waals surface area contributed by atoms with Gasteiger partial charge in [0.2, 0.25) is 5.95 Å². The fraction of sp³-hybridized carbons (Fsp3) is 0.556. The average Bonchev–Trinajstić information content (AvgIpc) is 3.08. The molecule has 0 saturated heterocycles. The van der Waals surface area contributed by atoms with Gasteiger partial charge in [-0.3, -0.25) is 0 Å². The van der Waals surface area contributed by atoms with Crippen molar-refractivity contribution in [1.29, 1.82) is 0 Å². The van der Waals surface area contributed by atoms with E-state index in [4.69, 9.17) is 4.74 Å². The molecule has 1 aromatic heterocycles. The number of sulfone groups is 1. The fourth-order valence-corrected chi connectivity index (χ4v) is 6.92. The molecule has 3 aromatic rings. The van der Waals surface area contributed by atoms with Crippen LogP contribution in [0.25, 0.3) is 0 Å². The summed E-state index contributed by atoms with van der Waals surface area (Å²) in [6, 6.07) is 3.01. The van der Waals surface area contributed by atoms with Crippen molar-refractivity contribution in [2.45, 2.75) is 84.0 Å². The number of anilines is 2. The first kappa shape index (κ1) is 42.0. The van der Waals surface area contributed by atoms with E-state index in [1.54, 1.807) is 0 Å². The summed E-state index contributed by atoms with van der Waals surface area (Å²) in [5, 5.41) is 0. The molecule has 0 amide bonds. The molecule has 2 aromatic carbocycles. The Balaban J connectivity index is 1.82. The molecule has 1 atom stereocenters. The van der Waals surface area contributed by atoms with E-state index >= 15 is 0 Å². The zero-order chi connectivity index (χ0) is 39.4. The molecular formula is C36H43F9N4O3S. The number of ether oxygens (including phenoxy) is 1. The summed E-state index contributed by atoms with van der Waals surface area (Å²) in [4.78, 5) is 11.6. The zero-order valence-electron chi connectivity index (χ0n) is 29.7. The number of alkyl halides is 9. The van der Waals surface area contributed by atoms with E-state index < -0.39 is 63.2 Å². The molecule has 0 spiro atoms. The van der Waals surface area contributed by atoms with Crippen LogP contribution < -0.4 is 14.5 Å². The van der Waals surface area contributed by atoms with Gasteiger partial charge in [0.15, 0.2) is 15.6 Å². The van der Waals surface area contributed by atoms with Crippen molar-refractivity contribution >= 4 is 21.5 Å². The molecule has 0 radical (unpaired) electrons. The van der Waals surface area contributed by atoms with Gasteiger partial charge >= 0.3 is 18.5 Å². The van der Waals surface area contributed by atoms with Crippen LogP contribution in [0.2, 0.25) is 0 Å². The lowest BCUT2D eigenvalue weighted by Gasteiger charge is -2.36. The molecule has 1 saturated carbocycles. The van der Waals surface area contributed by atoms with Crippen LogP contribution in [-0.4, -0.2) is 50.1 Å². The summed E-state index contributed by atoms with van der Waals surface area (Å²) >= 11 is 0. The van der Waals surface area contributed by atoms with Gasteiger partial charge in [-0.2, -0.15) is 39.5 Å². The average molecular weight is 783 g/mol. The van der Waals surface area contributed by atoms with Crippen LogP contribution >= 0.6 is 0 Å². The van der Waals surface area contributed by atoms with Crippen molar-refractivity contribution in [2.75, 3.05) is 41.5 Å². The Kier molecular flexibility index (Phi) is 13.2. The summed E-state index contributed by atoms with van der Waals surface area (Å²) in [7, 11) is -3.38. The molecule has 7 nitrogen and oxygen atoms in total. The van der Waals surface area contributed by atoms with Crippen LogP contribution in [0.3, 0.4) is 0 Å². The second-order valence-electron chi connectivity index (χ2n) is 13.5. The molecule has 1 aliphatic rings. The normalized spacial score (nSPS) is 17.8. The van der Waals surface area contributed by atoms with Gasteiger partial charge < -0.3 is 14.5 Å². The Morgan fingerprint density at radius 3 is 1.85 bits per heavy atom. The smallest absolute Gasteiger partial charge is 0.416 e. The Labute approximate surface area is 303 Å². The summed E-state index contributed by atoms with van der Waals surface area (Å²) < 4.78 is 154. The Morgan fingerprint density at radius 1 is 0.811 bits per heavy atom. The topological polar surface area (TPSA) is 75.6 Å². The van der Waals surface area contributed by atoms with Gasteiger partial charge in [0.25, 0.3) is 0 Å². The number of rotatable bonds is 14. The van der Waals surface area contributed by atoms with Crippen LogP contribution in [0.1, 0.15) is 86.7 Å². The lowest BCUT2D eigenvalue weighted by Crippen LogP contribution is -2.34. The first-order valence-corrected chi connectivity index (χ1v) is 19.3. The fourth-order valence-electron chi connectivity index (χ4n) is 6.54. The highest BCUT2D eigenvalue weighted by Gasteiger charge is 2.38. The molecule has 1 unspecified atom stereocenters. The minimum absolute atomic E-state index is 0.00228. The molecule has 1 fully saturated rings. The first-order valence-electron chi connectivity index (χ1n) is 17.2. The van der Waals surface area contributed by atoms with Crippen LogP contribution in [0, 0.1) is 11.8 Å². The summed E-state index contributed by atoms with van der Waals surface area (Å²) in [6.07, 6.45) is -6.76. The summed E-state index contributed by atoms with van der Waals surface area (Å²) in [6.45, 7) is 5.56. The van der Waals surface area contributed by atoms with Crippen molar-refractivity contribution in [3.63, 3.8) is 0 Å². The maximum atomic E-state index is 14.1. The zero-order valence-corrected chi connectivity index (χ0v) is 30.6. The van der Waals surface area contributed by atoms with Crippen molar-refractivity contribution in [1.82, 2.24) is 9.97 Å². The Bertz CT molecular complexity index is 1740. The van der Waals surface area contributed by atoms with Crippen LogP contribution in [0.15, 0.2) is 48.8 Å². The maximum Gasteiger partial charge on any atom is 0.416 e. The molecular weight excluding hydrogens is 739 g/mol. The van der Waals surface area contributed by atoms with Gasteiger partial charge in [-0.25, -0.2) is 18.4 Å². The number of hydrogen-bond acceptors (Lipinski definition) is 7. The van der Waals surface area contributed by atoms with Crippen molar-refractivity contribution in [3.8, 4) is 5.75 Å². The first-order chi connectivity index (χ1) is 24.6. The molecule has 0 bridgehead atoms. The lowest BCUT2D eigenvalue weighted by atomic mass is 9.80. The molecule has 1 heterocycles. The highest BCUT2D eigenvalue weighted by atomic mass is 32.2. The van der Waals surface area contributed by atoms with E-state index in [1.807, 2.05) is 11.8 Å². The molecule has 53 heavy (non-hydrogen) atoms. The Morgan fingerprint density at radius 2 is 1.36 bits per heavy atom. The number of benzene rings is 2. The second-order valence-corrected chi connectivity index (χ2v) is 15.8. The van der Waals surface area contributed by atoms with Gasteiger partial charge in [0.05, 0.1) is 40.9 Å². The molecule has 0 aliphatic heterocycles. The molecule has 4 rings (SSSR count). The minimum atomic E-state index is -5.14. The number of nitrogens with zero attached hydrogens (tertiary/aromatic N) is 4. The Hall–Kier alpha value is -3.76. The van der Waals surface area contributed by atoms with E-state index in [-0.39, 0.29) is 41.6 Å². The van der Waals surface area contributed by atoms with Gasteiger partial charge in [-0.05, 0) is 86.1 Å². The van der Waals surface area contributed by atoms with Crippen molar-refractivity contribution in [3.05, 3.63) is 76.6 Å². The third-order valence-corrected chi connectivity index (χ3v) is 10.6. The molecule has 0 N–H and O–H groups in total. The van der Waals surface area contributed by atoms with E-state index in [9.17, 15) is 47.9 Å². The SMILES string of the molecule is CCC1CCC(CN(CC)c2ccc(C(F)(F)F)cc2CN(c2ncc(OCCS(C)(=O)=O)cn2)C(C)c2cc(C(F)(F)F)cc(C(F)(F)F)c2)CC1. The van der Waals surface area contributed by atoms with Crippen LogP contribution in [0.4, 0.5) is 51.1 Å². The second kappa shape index (κ2) is 16.7. The van der Waals surface area contributed by atoms with Gasteiger partial charge in [-0.1, -0.05) is 26.2 Å². The van der Waals surface area contributed by atoms with Crippen LogP contribution in [-0.2, 0) is 34.9 Å². The standard InChI is InChI=1S/C36H43F9N4O3S/c1-5-24-7-9-25(10-8-24)21-48(6-2)32-12-11-28(34(37,38)39)17-27(32)22-49(33-46-19-31(20-47-33)52-13-14-53(4,50)51)23(3)26-15-29(35(40,41)42)18-30(16-26)36(43,44)45/h11-12,15-20,23-25H,5-10,13-14,21-22H2,1-4H3. The number of aromatic nitrogens is 2. The van der Waals surface area contributed by atoms with Crippen LogP contribution in [0.5, 0.6) is 5.75 Å². The van der Waals surface area contributed by atoms with Gasteiger partial charge in [-0.15, -0.1) is 0 Å². The third kappa shape index (κ3) is 11.6. The number of halogens is 9. The molecule has 17 heteroatoms. The van der Waals surface area contributed by atoms with Crippen molar-refractivity contribution in [2.24, 2.45) is 11.8 Å². The van der Waals surface area contributed by atoms with E-state index in [1.165, 1.54) is 17.9 Å². The summed E-state index contributed by atoms with van der Waals surface area (Å²) in [5.74, 6) is 0.332. The molecule has 294 valence electrons.